The predicted molar refractivity (Wildman–Crippen MR) is 68.9 cm³/mol. The Hall–Kier alpha value is -2.49. The molecule has 0 spiro atoms. The van der Waals surface area contributed by atoms with Gasteiger partial charge in [-0.2, -0.15) is 0 Å². The van der Waals surface area contributed by atoms with Gasteiger partial charge in [0.25, 0.3) is 5.91 Å². The Morgan fingerprint density at radius 1 is 1.06 bits per heavy atom. The van der Waals surface area contributed by atoms with Crippen molar-refractivity contribution in [2.24, 2.45) is 0 Å². The number of amides is 1. The minimum atomic E-state index is -0.391. The second kappa shape index (κ2) is 4.79. The summed E-state index contributed by atoms with van der Waals surface area (Å²) in [6.45, 7) is 1.83. The molecule has 4 heteroatoms. The van der Waals surface area contributed by atoms with Crippen molar-refractivity contribution in [3.05, 3.63) is 53.6 Å². The van der Waals surface area contributed by atoms with E-state index in [9.17, 15) is 9.90 Å². The SMILES string of the molecule is Cc1ccc(C(=O)Nc2ccc(O)cc2)c(O)c1. The summed E-state index contributed by atoms with van der Waals surface area (Å²) in [5, 5.41) is 21.4. The summed E-state index contributed by atoms with van der Waals surface area (Å²) >= 11 is 0. The molecule has 2 aromatic rings. The van der Waals surface area contributed by atoms with Gasteiger partial charge < -0.3 is 15.5 Å². The quantitative estimate of drug-likeness (QED) is 0.710. The third kappa shape index (κ3) is 2.60. The molecule has 92 valence electrons. The zero-order valence-corrected chi connectivity index (χ0v) is 9.84. The second-order valence-electron chi connectivity index (χ2n) is 4.02. The summed E-state index contributed by atoms with van der Waals surface area (Å²) in [4.78, 5) is 11.9. The molecule has 4 nitrogen and oxygen atoms in total. The van der Waals surface area contributed by atoms with Crippen LogP contribution < -0.4 is 5.32 Å². The number of carbonyl (C=O) groups excluding carboxylic acids is 1. The van der Waals surface area contributed by atoms with Crippen molar-refractivity contribution >= 4 is 11.6 Å². The van der Waals surface area contributed by atoms with E-state index < -0.39 is 5.91 Å². The average molecular weight is 243 g/mol. The lowest BCUT2D eigenvalue weighted by molar-refractivity contribution is 0.102. The molecule has 0 saturated carbocycles. The third-order valence-corrected chi connectivity index (χ3v) is 2.52. The van der Waals surface area contributed by atoms with Crippen LogP contribution in [0.3, 0.4) is 0 Å². The maximum Gasteiger partial charge on any atom is 0.259 e. The van der Waals surface area contributed by atoms with Gasteiger partial charge in [-0.3, -0.25) is 4.79 Å². The van der Waals surface area contributed by atoms with Crippen molar-refractivity contribution in [1.82, 2.24) is 0 Å². The van der Waals surface area contributed by atoms with Crippen LogP contribution in [-0.2, 0) is 0 Å². The summed E-state index contributed by atoms with van der Waals surface area (Å²) in [6.07, 6.45) is 0. The van der Waals surface area contributed by atoms with Gasteiger partial charge in [-0.15, -0.1) is 0 Å². The number of carbonyl (C=O) groups is 1. The van der Waals surface area contributed by atoms with E-state index in [-0.39, 0.29) is 17.1 Å². The summed E-state index contributed by atoms with van der Waals surface area (Å²) in [5.41, 5.74) is 1.65. The molecular formula is C14H13NO3. The van der Waals surface area contributed by atoms with E-state index >= 15 is 0 Å². The van der Waals surface area contributed by atoms with Crippen molar-refractivity contribution < 1.29 is 15.0 Å². The van der Waals surface area contributed by atoms with Crippen LogP contribution in [0.25, 0.3) is 0 Å². The molecule has 0 bridgehead atoms. The minimum Gasteiger partial charge on any atom is -0.508 e. The summed E-state index contributed by atoms with van der Waals surface area (Å²) in [6, 6.07) is 11.0. The number of anilines is 1. The second-order valence-corrected chi connectivity index (χ2v) is 4.02. The van der Waals surface area contributed by atoms with Crippen LogP contribution in [0.1, 0.15) is 15.9 Å². The molecule has 0 fully saturated rings. The van der Waals surface area contributed by atoms with E-state index in [4.69, 9.17) is 5.11 Å². The summed E-state index contributed by atoms with van der Waals surface area (Å²) in [7, 11) is 0. The van der Waals surface area contributed by atoms with Gasteiger partial charge in [0.15, 0.2) is 0 Å². The van der Waals surface area contributed by atoms with Gasteiger partial charge in [-0.25, -0.2) is 0 Å². The van der Waals surface area contributed by atoms with Crippen LogP contribution in [-0.4, -0.2) is 16.1 Å². The molecule has 2 aromatic carbocycles. The van der Waals surface area contributed by atoms with Gasteiger partial charge >= 0.3 is 0 Å². The molecular weight excluding hydrogens is 230 g/mol. The number of hydrogen-bond donors (Lipinski definition) is 3. The highest BCUT2D eigenvalue weighted by atomic mass is 16.3. The Morgan fingerprint density at radius 2 is 1.72 bits per heavy atom. The molecule has 0 aliphatic rings. The number of phenols is 2. The zero-order valence-electron chi connectivity index (χ0n) is 9.84. The molecule has 3 N–H and O–H groups in total. The van der Waals surface area contributed by atoms with Gasteiger partial charge in [-0.1, -0.05) is 6.07 Å². The van der Waals surface area contributed by atoms with Gasteiger partial charge in [0.2, 0.25) is 0 Å². The Bertz CT molecular complexity index is 576. The number of aryl methyl sites for hydroxylation is 1. The van der Waals surface area contributed by atoms with Gasteiger partial charge in [0.1, 0.15) is 11.5 Å². The third-order valence-electron chi connectivity index (χ3n) is 2.52. The zero-order chi connectivity index (χ0) is 13.1. The molecule has 0 saturated heterocycles. The predicted octanol–water partition coefficient (Wildman–Crippen LogP) is 2.66. The largest absolute Gasteiger partial charge is 0.508 e. The van der Waals surface area contributed by atoms with Crippen LogP contribution >= 0.6 is 0 Å². The van der Waals surface area contributed by atoms with Crippen molar-refractivity contribution in [3.63, 3.8) is 0 Å². The number of rotatable bonds is 2. The van der Waals surface area contributed by atoms with E-state index in [1.165, 1.54) is 18.2 Å². The molecule has 0 unspecified atom stereocenters. The molecule has 0 aliphatic heterocycles. The van der Waals surface area contributed by atoms with Crippen LogP contribution in [0, 0.1) is 6.92 Å². The van der Waals surface area contributed by atoms with Crippen LogP contribution in [0.15, 0.2) is 42.5 Å². The lowest BCUT2D eigenvalue weighted by atomic mass is 10.1. The monoisotopic (exact) mass is 243 g/mol. The first-order valence-electron chi connectivity index (χ1n) is 5.46. The molecule has 0 atom stereocenters. The van der Waals surface area contributed by atoms with Crippen LogP contribution in [0.4, 0.5) is 5.69 Å². The summed E-state index contributed by atoms with van der Waals surface area (Å²) < 4.78 is 0. The molecule has 1 amide bonds. The Kier molecular flexibility index (Phi) is 3.19. The standard InChI is InChI=1S/C14H13NO3/c1-9-2-7-12(13(17)8-9)14(18)15-10-3-5-11(16)6-4-10/h2-8,16-17H,1H3,(H,15,18). The molecule has 0 radical (unpaired) electrons. The number of benzene rings is 2. The van der Waals surface area contributed by atoms with Crippen LogP contribution in [0.5, 0.6) is 11.5 Å². The summed E-state index contributed by atoms with van der Waals surface area (Å²) in [5.74, 6) is -0.310. The number of hydrogen-bond acceptors (Lipinski definition) is 3. The highest BCUT2D eigenvalue weighted by Gasteiger charge is 2.11. The van der Waals surface area contributed by atoms with Crippen molar-refractivity contribution in [2.75, 3.05) is 5.32 Å². The Morgan fingerprint density at radius 3 is 2.33 bits per heavy atom. The van der Waals surface area contributed by atoms with Gasteiger partial charge in [-0.05, 0) is 48.9 Å². The van der Waals surface area contributed by atoms with E-state index in [1.54, 1.807) is 24.3 Å². The maximum atomic E-state index is 11.9. The lowest BCUT2D eigenvalue weighted by Crippen LogP contribution is -2.11. The molecule has 0 aromatic heterocycles. The van der Waals surface area contributed by atoms with E-state index in [2.05, 4.69) is 5.32 Å². The highest BCUT2D eigenvalue weighted by Crippen LogP contribution is 2.20. The van der Waals surface area contributed by atoms with Crippen molar-refractivity contribution in [2.45, 2.75) is 6.92 Å². The van der Waals surface area contributed by atoms with Gasteiger partial charge in [0, 0.05) is 5.69 Å². The van der Waals surface area contributed by atoms with Gasteiger partial charge in [0.05, 0.1) is 5.56 Å². The Balaban J connectivity index is 2.19. The molecule has 0 aliphatic carbocycles. The number of nitrogens with one attached hydrogen (secondary N) is 1. The fourth-order valence-corrected chi connectivity index (χ4v) is 1.58. The smallest absolute Gasteiger partial charge is 0.259 e. The normalized spacial score (nSPS) is 10.1. The fraction of sp³-hybridized carbons (Fsp3) is 0.0714. The van der Waals surface area contributed by atoms with Crippen molar-refractivity contribution in [1.29, 1.82) is 0 Å². The fourth-order valence-electron chi connectivity index (χ4n) is 1.58. The van der Waals surface area contributed by atoms with Crippen molar-refractivity contribution in [3.8, 4) is 11.5 Å². The molecule has 0 heterocycles. The number of aromatic hydroxyl groups is 2. The molecule has 18 heavy (non-hydrogen) atoms. The molecule has 2 rings (SSSR count). The van der Waals surface area contributed by atoms with Crippen LogP contribution in [0.2, 0.25) is 0 Å². The lowest BCUT2D eigenvalue weighted by Gasteiger charge is -2.07. The highest BCUT2D eigenvalue weighted by molar-refractivity contribution is 6.06. The first-order chi connectivity index (χ1) is 8.56. The van der Waals surface area contributed by atoms with E-state index in [0.717, 1.165) is 5.56 Å². The first kappa shape index (κ1) is 12.0. The topological polar surface area (TPSA) is 69.6 Å². The average Bonchev–Trinajstić information content (AvgIpc) is 2.32. The van der Waals surface area contributed by atoms with E-state index in [1.807, 2.05) is 6.92 Å². The van der Waals surface area contributed by atoms with E-state index in [0.29, 0.717) is 5.69 Å². The first-order valence-corrected chi connectivity index (χ1v) is 5.46. The number of phenolic OH excluding ortho intramolecular Hbond substituents is 2. The minimum absolute atomic E-state index is 0.0497. The Labute approximate surface area is 105 Å². The maximum absolute atomic E-state index is 11.9.